The van der Waals surface area contributed by atoms with Gasteiger partial charge in [0.1, 0.15) is 0 Å². The molecule has 0 saturated heterocycles. The standard InChI is InChI=1S/C18H22N2O/c21-18(15-20-17-12-5-2-6-13-17)19-14-8-7-11-16-9-3-1-4-10-16/h1-6,9-10,12-13,20H,7-8,11,14-15H2,(H,19,21). The van der Waals surface area contributed by atoms with E-state index < -0.39 is 0 Å². The van der Waals surface area contributed by atoms with Gasteiger partial charge in [-0.15, -0.1) is 0 Å². The molecule has 3 heteroatoms. The molecule has 0 bridgehead atoms. The fourth-order valence-electron chi connectivity index (χ4n) is 2.13. The summed E-state index contributed by atoms with van der Waals surface area (Å²) in [6.45, 7) is 1.06. The van der Waals surface area contributed by atoms with Gasteiger partial charge in [0.2, 0.25) is 5.91 Å². The molecule has 0 spiro atoms. The Morgan fingerprint density at radius 3 is 2.24 bits per heavy atom. The van der Waals surface area contributed by atoms with Gasteiger partial charge >= 0.3 is 0 Å². The summed E-state index contributed by atoms with van der Waals surface area (Å²) < 4.78 is 0. The highest BCUT2D eigenvalue weighted by molar-refractivity contribution is 5.80. The highest BCUT2D eigenvalue weighted by atomic mass is 16.1. The Labute approximate surface area is 126 Å². The second-order valence-electron chi connectivity index (χ2n) is 5.01. The first kappa shape index (κ1) is 15.1. The molecule has 3 nitrogen and oxygen atoms in total. The molecule has 21 heavy (non-hydrogen) atoms. The molecule has 2 aromatic rings. The second-order valence-corrected chi connectivity index (χ2v) is 5.01. The van der Waals surface area contributed by atoms with Crippen LogP contribution in [-0.2, 0) is 11.2 Å². The van der Waals surface area contributed by atoms with E-state index in [2.05, 4.69) is 34.9 Å². The number of carbonyl (C=O) groups excluding carboxylic acids is 1. The number of hydrogen-bond acceptors (Lipinski definition) is 2. The smallest absolute Gasteiger partial charge is 0.239 e. The lowest BCUT2D eigenvalue weighted by Crippen LogP contribution is -2.30. The largest absolute Gasteiger partial charge is 0.376 e. The summed E-state index contributed by atoms with van der Waals surface area (Å²) in [5.74, 6) is 0.0403. The number of para-hydroxylation sites is 1. The van der Waals surface area contributed by atoms with Crippen molar-refractivity contribution in [3.05, 3.63) is 66.2 Å². The van der Waals surface area contributed by atoms with E-state index in [1.54, 1.807) is 0 Å². The van der Waals surface area contributed by atoms with Gasteiger partial charge in [-0.05, 0) is 37.0 Å². The molecule has 2 aromatic carbocycles. The highest BCUT2D eigenvalue weighted by Gasteiger charge is 2.00. The van der Waals surface area contributed by atoms with Crippen molar-refractivity contribution in [3.63, 3.8) is 0 Å². The summed E-state index contributed by atoms with van der Waals surface area (Å²) in [6.07, 6.45) is 3.17. The molecule has 0 aliphatic carbocycles. The van der Waals surface area contributed by atoms with Crippen LogP contribution in [0, 0.1) is 0 Å². The van der Waals surface area contributed by atoms with Crippen LogP contribution >= 0.6 is 0 Å². The predicted molar refractivity (Wildman–Crippen MR) is 87.3 cm³/mol. The Bertz CT molecular complexity index is 525. The lowest BCUT2D eigenvalue weighted by Gasteiger charge is -2.07. The van der Waals surface area contributed by atoms with Crippen molar-refractivity contribution in [2.45, 2.75) is 19.3 Å². The van der Waals surface area contributed by atoms with E-state index in [-0.39, 0.29) is 5.91 Å². The molecule has 110 valence electrons. The number of rotatable bonds is 8. The van der Waals surface area contributed by atoms with Crippen LogP contribution in [0.15, 0.2) is 60.7 Å². The number of nitrogens with one attached hydrogen (secondary N) is 2. The molecule has 0 radical (unpaired) electrons. The molecule has 0 saturated carbocycles. The van der Waals surface area contributed by atoms with Crippen LogP contribution in [0.2, 0.25) is 0 Å². The number of hydrogen-bond donors (Lipinski definition) is 2. The Kier molecular flexibility index (Phi) is 6.33. The zero-order valence-electron chi connectivity index (χ0n) is 12.2. The molecule has 0 heterocycles. The van der Waals surface area contributed by atoms with E-state index in [1.165, 1.54) is 5.56 Å². The van der Waals surface area contributed by atoms with Gasteiger partial charge in [0, 0.05) is 12.2 Å². The van der Waals surface area contributed by atoms with E-state index in [0.717, 1.165) is 31.5 Å². The maximum absolute atomic E-state index is 11.7. The van der Waals surface area contributed by atoms with Crippen LogP contribution in [0.5, 0.6) is 0 Å². The predicted octanol–water partition coefficient (Wildman–Crippen LogP) is 3.24. The summed E-state index contributed by atoms with van der Waals surface area (Å²) in [5.41, 5.74) is 2.33. The maximum atomic E-state index is 11.7. The maximum Gasteiger partial charge on any atom is 0.239 e. The van der Waals surface area contributed by atoms with Crippen molar-refractivity contribution in [2.24, 2.45) is 0 Å². The Hall–Kier alpha value is -2.29. The van der Waals surface area contributed by atoms with Crippen molar-refractivity contribution in [2.75, 3.05) is 18.4 Å². The van der Waals surface area contributed by atoms with Gasteiger partial charge < -0.3 is 10.6 Å². The number of carbonyl (C=O) groups is 1. The summed E-state index contributed by atoms with van der Waals surface area (Å²) in [6, 6.07) is 20.2. The van der Waals surface area contributed by atoms with Crippen molar-refractivity contribution in [1.29, 1.82) is 0 Å². The summed E-state index contributed by atoms with van der Waals surface area (Å²) >= 11 is 0. The van der Waals surface area contributed by atoms with Crippen molar-refractivity contribution < 1.29 is 4.79 Å². The monoisotopic (exact) mass is 282 g/mol. The fraction of sp³-hybridized carbons (Fsp3) is 0.278. The average molecular weight is 282 g/mol. The van der Waals surface area contributed by atoms with Gasteiger partial charge in [-0.3, -0.25) is 4.79 Å². The minimum absolute atomic E-state index is 0.0403. The third kappa shape index (κ3) is 6.13. The van der Waals surface area contributed by atoms with E-state index in [1.807, 2.05) is 36.4 Å². The number of benzene rings is 2. The topological polar surface area (TPSA) is 41.1 Å². The molecular weight excluding hydrogens is 260 g/mol. The third-order valence-electron chi connectivity index (χ3n) is 3.28. The quantitative estimate of drug-likeness (QED) is 0.730. The molecule has 2 N–H and O–H groups in total. The van der Waals surface area contributed by atoms with Gasteiger partial charge in [0.25, 0.3) is 0 Å². The SMILES string of the molecule is O=C(CNc1ccccc1)NCCCCc1ccccc1. The Balaban J connectivity index is 1.53. The third-order valence-corrected chi connectivity index (χ3v) is 3.28. The van der Waals surface area contributed by atoms with E-state index in [4.69, 9.17) is 0 Å². The zero-order valence-corrected chi connectivity index (χ0v) is 12.2. The van der Waals surface area contributed by atoms with Crippen LogP contribution < -0.4 is 10.6 Å². The Morgan fingerprint density at radius 2 is 1.52 bits per heavy atom. The summed E-state index contributed by atoms with van der Waals surface area (Å²) in [4.78, 5) is 11.7. The molecule has 0 unspecified atom stereocenters. The van der Waals surface area contributed by atoms with Crippen LogP contribution in [0.4, 0.5) is 5.69 Å². The molecule has 0 aliphatic heterocycles. The molecular formula is C18H22N2O. The lowest BCUT2D eigenvalue weighted by molar-refractivity contribution is -0.119. The number of amides is 1. The highest BCUT2D eigenvalue weighted by Crippen LogP contribution is 2.04. The van der Waals surface area contributed by atoms with Crippen LogP contribution in [0.3, 0.4) is 0 Å². The normalized spacial score (nSPS) is 10.1. The van der Waals surface area contributed by atoms with E-state index in [9.17, 15) is 4.79 Å². The van der Waals surface area contributed by atoms with Crippen molar-refractivity contribution in [3.8, 4) is 0 Å². The Morgan fingerprint density at radius 1 is 0.857 bits per heavy atom. The number of anilines is 1. The summed E-state index contributed by atoms with van der Waals surface area (Å²) in [5, 5.41) is 6.04. The van der Waals surface area contributed by atoms with Crippen LogP contribution in [0.1, 0.15) is 18.4 Å². The first-order valence-electron chi connectivity index (χ1n) is 7.44. The van der Waals surface area contributed by atoms with E-state index in [0.29, 0.717) is 6.54 Å². The minimum Gasteiger partial charge on any atom is -0.376 e. The molecule has 2 rings (SSSR count). The lowest BCUT2D eigenvalue weighted by atomic mass is 10.1. The molecule has 1 amide bonds. The number of aryl methyl sites for hydroxylation is 1. The molecule has 0 aliphatic rings. The second kappa shape index (κ2) is 8.80. The van der Waals surface area contributed by atoms with E-state index >= 15 is 0 Å². The number of unbranched alkanes of at least 4 members (excludes halogenated alkanes) is 1. The van der Waals surface area contributed by atoms with Gasteiger partial charge in [0.15, 0.2) is 0 Å². The fourth-order valence-corrected chi connectivity index (χ4v) is 2.13. The van der Waals surface area contributed by atoms with Crippen LogP contribution in [-0.4, -0.2) is 19.0 Å². The van der Waals surface area contributed by atoms with Crippen LogP contribution in [0.25, 0.3) is 0 Å². The average Bonchev–Trinajstić information content (AvgIpc) is 2.54. The zero-order chi connectivity index (χ0) is 14.8. The van der Waals surface area contributed by atoms with Gasteiger partial charge in [0.05, 0.1) is 6.54 Å². The molecule has 0 fully saturated rings. The molecule has 0 atom stereocenters. The molecule has 0 aromatic heterocycles. The minimum atomic E-state index is 0.0403. The van der Waals surface area contributed by atoms with Crippen molar-refractivity contribution >= 4 is 11.6 Å². The van der Waals surface area contributed by atoms with Gasteiger partial charge in [-0.25, -0.2) is 0 Å². The van der Waals surface area contributed by atoms with Gasteiger partial charge in [-0.2, -0.15) is 0 Å². The summed E-state index contributed by atoms with van der Waals surface area (Å²) in [7, 11) is 0. The first-order chi connectivity index (χ1) is 10.3. The van der Waals surface area contributed by atoms with Crippen molar-refractivity contribution in [1.82, 2.24) is 5.32 Å². The van der Waals surface area contributed by atoms with Gasteiger partial charge in [-0.1, -0.05) is 48.5 Å². The first-order valence-corrected chi connectivity index (χ1v) is 7.44.